The number of hydrogen-bond donors (Lipinski definition) is 0. The lowest BCUT2D eigenvalue weighted by molar-refractivity contribution is -0.0749. The Balaban J connectivity index is 2.29. The van der Waals surface area contributed by atoms with Crippen molar-refractivity contribution in [2.24, 2.45) is 16.7 Å². The molecular weight excluding hydrogens is 224 g/mol. The largest absolute Gasteiger partial charge is 0.466 e. The van der Waals surface area contributed by atoms with E-state index in [4.69, 9.17) is 9.15 Å². The molecule has 0 bridgehead atoms. The molecule has 2 nitrogen and oxygen atoms in total. The van der Waals surface area contributed by atoms with Crippen LogP contribution < -0.4 is 0 Å². The molecule has 0 saturated carbocycles. The number of hydrogen-bond acceptors (Lipinski definition) is 2. The van der Waals surface area contributed by atoms with Crippen LogP contribution in [0.4, 0.5) is 0 Å². The third kappa shape index (κ3) is 1.04. The fourth-order valence-corrected chi connectivity index (χ4v) is 3.80. The Morgan fingerprint density at radius 3 is 2.78 bits per heavy atom. The van der Waals surface area contributed by atoms with Crippen molar-refractivity contribution in [2.75, 3.05) is 7.11 Å². The molecule has 1 heterocycles. The van der Waals surface area contributed by atoms with Gasteiger partial charge in [-0.25, -0.2) is 0 Å². The van der Waals surface area contributed by atoms with Crippen LogP contribution in [0.3, 0.4) is 0 Å². The average molecular weight is 244 g/mol. The highest BCUT2D eigenvalue weighted by molar-refractivity contribution is 5.76. The topological polar surface area (TPSA) is 22.4 Å². The standard InChI is InChI=1S/C16H20O2/c1-10-6-8-15(3)11(2)12-7-9-18-13(12)14(17-5)16(10,15)4/h6-10,14H,2H2,1,3-5H3/t10-,14-,15+,16-/m1/s1. The van der Waals surface area contributed by atoms with Gasteiger partial charge in [-0.15, -0.1) is 0 Å². The number of fused-ring (bicyclic) bond motifs is 2. The lowest BCUT2D eigenvalue weighted by Gasteiger charge is -2.51. The SMILES string of the molecule is C=C1c2ccoc2[C@@H](OC)[C@@]2(C)[C@H](C)C=C[C@@]12C. The third-order valence-electron chi connectivity index (χ3n) is 5.45. The molecule has 0 saturated heterocycles. The van der Waals surface area contributed by atoms with E-state index in [1.54, 1.807) is 13.4 Å². The van der Waals surface area contributed by atoms with Crippen molar-refractivity contribution in [1.82, 2.24) is 0 Å². The molecule has 18 heavy (non-hydrogen) atoms. The van der Waals surface area contributed by atoms with Gasteiger partial charge < -0.3 is 9.15 Å². The van der Waals surface area contributed by atoms with Gasteiger partial charge in [0.05, 0.1) is 6.26 Å². The van der Waals surface area contributed by atoms with Gasteiger partial charge >= 0.3 is 0 Å². The summed E-state index contributed by atoms with van der Waals surface area (Å²) in [6, 6.07) is 2.01. The molecule has 0 aromatic carbocycles. The molecule has 0 aliphatic heterocycles. The first-order valence-electron chi connectivity index (χ1n) is 6.46. The Kier molecular flexibility index (Phi) is 2.22. The minimum absolute atomic E-state index is 0.0250. The summed E-state index contributed by atoms with van der Waals surface area (Å²) >= 11 is 0. The van der Waals surface area contributed by atoms with Crippen LogP contribution in [0.25, 0.3) is 5.57 Å². The number of allylic oxidation sites excluding steroid dienone is 3. The lowest BCUT2D eigenvalue weighted by Crippen LogP contribution is -2.46. The summed E-state index contributed by atoms with van der Waals surface area (Å²) in [5.74, 6) is 1.36. The summed E-state index contributed by atoms with van der Waals surface area (Å²) in [5.41, 5.74) is 2.15. The smallest absolute Gasteiger partial charge is 0.140 e. The van der Waals surface area contributed by atoms with Crippen molar-refractivity contribution >= 4 is 5.57 Å². The molecule has 1 aromatic heterocycles. The molecule has 2 aliphatic rings. The predicted octanol–water partition coefficient (Wildman–Crippen LogP) is 4.21. The minimum atomic E-state index is -0.0655. The number of methoxy groups -OCH3 is 1. The molecule has 0 fully saturated rings. The number of rotatable bonds is 1. The summed E-state index contributed by atoms with van der Waals surface area (Å²) in [6.07, 6.45) is 6.29. The van der Waals surface area contributed by atoms with E-state index < -0.39 is 0 Å². The predicted molar refractivity (Wildman–Crippen MR) is 72.0 cm³/mol. The van der Waals surface area contributed by atoms with Crippen LogP contribution >= 0.6 is 0 Å². The van der Waals surface area contributed by atoms with E-state index in [-0.39, 0.29) is 16.9 Å². The maximum Gasteiger partial charge on any atom is 0.140 e. The molecule has 0 N–H and O–H groups in total. The van der Waals surface area contributed by atoms with Crippen molar-refractivity contribution in [1.29, 1.82) is 0 Å². The van der Waals surface area contributed by atoms with Crippen LogP contribution in [-0.4, -0.2) is 7.11 Å². The Labute approximate surface area is 108 Å². The molecule has 3 rings (SSSR count). The second kappa shape index (κ2) is 3.39. The molecule has 0 radical (unpaired) electrons. The molecule has 96 valence electrons. The van der Waals surface area contributed by atoms with Gasteiger partial charge in [-0.3, -0.25) is 0 Å². The van der Waals surface area contributed by atoms with Crippen molar-refractivity contribution in [2.45, 2.75) is 26.9 Å². The number of ether oxygens (including phenoxy) is 1. The summed E-state index contributed by atoms with van der Waals surface area (Å²) in [6.45, 7) is 11.1. The van der Waals surface area contributed by atoms with Crippen molar-refractivity contribution in [3.8, 4) is 0 Å². The Morgan fingerprint density at radius 2 is 2.11 bits per heavy atom. The second-order valence-corrected chi connectivity index (χ2v) is 5.93. The second-order valence-electron chi connectivity index (χ2n) is 5.93. The molecular formula is C16H20O2. The van der Waals surface area contributed by atoms with E-state index in [1.807, 2.05) is 6.07 Å². The molecule has 0 amide bonds. The zero-order valence-electron chi connectivity index (χ0n) is 11.5. The Morgan fingerprint density at radius 1 is 1.39 bits per heavy atom. The first kappa shape index (κ1) is 11.8. The molecule has 2 aliphatic carbocycles. The van der Waals surface area contributed by atoms with Gasteiger partial charge in [0.25, 0.3) is 0 Å². The maximum atomic E-state index is 5.80. The molecule has 2 heteroatoms. The molecule has 1 aromatic rings. The lowest BCUT2D eigenvalue weighted by atomic mass is 9.53. The van der Waals surface area contributed by atoms with Crippen LogP contribution in [0.1, 0.15) is 38.2 Å². The van der Waals surface area contributed by atoms with Crippen molar-refractivity contribution in [3.05, 3.63) is 42.4 Å². The fourth-order valence-electron chi connectivity index (χ4n) is 3.80. The summed E-state index contributed by atoms with van der Waals surface area (Å²) in [4.78, 5) is 0. The van der Waals surface area contributed by atoms with Gasteiger partial charge in [0.15, 0.2) is 0 Å². The molecule has 0 unspecified atom stereocenters. The van der Waals surface area contributed by atoms with E-state index in [2.05, 4.69) is 39.5 Å². The van der Waals surface area contributed by atoms with E-state index in [1.165, 1.54) is 0 Å². The van der Waals surface area contributed by atoms with Crippen LogP contribution in [0, 0.1) is 16.7 Å². The summed E-state index contributed by atoms with van der Waals surface area (Å²) in [7, 11) is 1.77. The summed E-state index contributed by atoms with van der Waals surface area (Å²) < 4.78 is 11.5. The average Bonchev–Trinajstić information content (AvgIpc) is 2.90. The maximum absolute atomic E-state index is 5.80. The zero-order chi connectivity index (χ0) is 13.1. The first-order valence-corrected chi connectivity index (χ1v) is 6.46. The Hall–Kier alpha value is -1.28. The highest BCUT2D eigenvalue weighted by Gasteiger charge is 2.60. The van der Waals surface area contributed by atoms with Crippen LogP contribution in [0.15, 0.2) is 35.5 Å². The monoisotopic (exact) mass is 244 g/mol. The highest BCUT2D eigenvalue weighted by atomic mass is 16.5. The van der Waals surface area contributed by atoms with Gasteiger partial charge in [-0.05, 0) is 17.6 Å². The quantitative estimate of drug-likeness (QED) is 0.690. The van der Waals surface area contributed by atoms with Gasteiger partial charge in [0.2, 0.25) is 0 Å². The zero-order valence-corrected chi connectivity index (χ0v) is 11.5. The molecule has 0 spiro atoms. The Bertz CT molecular complexity index is 539. The van der Waals surface area contributed by atoms with Gasteiger partial charge in [0, 0.05) is 23.5 Å². The van der Waals surface area contributed by atoms with Crippen LogP contribution in [-0.2, 0) is 4.74 Å². The van der Waals surface area contributed by atoms with Crippen molar-refractivity contribution in [3.63, 3.8) is 0 Å². The highest BCUT2D eigenvalue weighted by Crippen LogP contribution is 2.67. The van der Waals surface area contributed by atoms with Gasteiger partial charge in [-0.2, -0.15) is 0 Å². The first-order chi connectivity index (χ1) is 8.46. The number of furan rings is 1. The van der Waals surface area contributed by atoms with Crippen molar-refractivity contribution < 1.29 is 9.15 Å². The van der Waals surface area contributed by atoms with E-state index in [0.717, 1.165) is 16.9 Å². The van der Waals surface area contributed by atoms with E-state index in [9.17, 15) is 0 Å². The minimum Gasteiger partial charge on any atom is -0.466 e. The van der Waals surface area contributed by atoms with Gasteiger partial charge in [0.1, 0.15) is 11.9 Å². The third-order valence-corrected chi connectivity index (χ3v) is 5.45. The van der Waals surface area contributed by atoms with Crippen LogP contribution in [0.5, 0.6) is 0 Å². The van der Waals surface area contributed by atoms with E-state index >= 15 is 0 Å². The van der Waals surface area contributed by atoms with Gasteiger partial charge in [-0.1, -0.05) is 39.5 Å². The fraction of sp³-hybridized carbons (Fsp3) is 0.500. The molecule has 4 atom stereocenters. The summed E-state index contributed by atoms with van der Waals surface area (Å²) in [5, 5.41) is 0. The normalized spacial score (nSPS) is 41.9. The van der Waals surface area contributed by atoms with Crippen LogP contribution in [0.2, 0.25) is 0 Å². The van der Waals surface area contributed by atoms with E-state index in [0.29, 0.717) is 5.92 Å².